The number of hydrogen-bond donors (Lipinski definition) is 4. The molecule has 2 saturated heterocycles. The SMILES string of the molecule is NC(=O)C1=NNC(N[C@@H]2CCCN(C(=O)C3CC3)C2)N=C1Nc1ccc(C(=O)N2CCOCC2)cc1. The predicted molar refractivity (Wildman–Crippen MR) is 133 cm³/mol. The van der Waals surface area contributed by atoms with Crippen LogP contribution in [-0.4, -0.2) is 90.8 Å². The van der Waals surface area contributed by atoms with Crippen molar-refractivity contribution in [3.8, 4) is 0 Å². The third-order valence-electron chi connectivity index (χ3n) is 6.76. The maximum Gasteiger partial charge on any atom is 0.272 e. The largest absolute Gasteiger partial charge is 0.378 e. The maximum atomic E-state index is 12.7. The minimum Gasteiger partial charge on any atom is -0.378 e. The fraction of sp³-hybridized carbons (Fsp3) is 0.542. The zero-order valence-electron chi connectivity index (χ0n) is 20.1. The van der Waals surface area contributed by atoms with Crippen LogP contribution in [0.2, 0.25) is 0 Å². The number of nitrogens with zero attached hydrogens (tertiary/aromatic N) is 4. The number of nitrogens with one attached hydrogen (secondary N) is 3. The molecule has 1 aromatic carbocycles. The average molecular weight is 497 g/mol. The number of morpholine rings is 1. The highest BCUT2D eigenvalue weighted by molar-refractivity contribution is 6.68. The predicted octanol–water partition coefficient (Wildman–Crippen LogP) is -0.312. The Morgan fingerprint density at radius 1 is 1.03 bits per heavy atom. The standard InChI is InChI=1S/C24H32N8O4/c25-20(33)19-21(26-17-7-5-16(6-8-17)22(34)31-10-12-36-13-11-31)28-24(30-29-19)27-18-2-1-9-32(14-18)23(35)15-3-4-15/h5-8,15,18,24,27,30H,1-4,9-14H2,(H2,25,33)(H,26,28)/t18-,24?/m1/s1. The summed E-state index contributed by atoms with van der Waals surface area (Å²) >= 11 is 0. The molecule has 12 heteroatoms. The number of piperidine rings is 1. The van der Waals surface area contributed by atoms with Gasteiger partial charge < -0.3 is 25.6 Å². The van der Waals surface area contributed by atoms with Gasteiger partial charge in [-0.05, 0) is 49.9 Å². The summed E-state index contributed by atoms with van der Waals surface area (Å²) in [7, 11) is 0. The first-order valence-corrected chi connectivity index (χ1v) is 12.5. The van der Waals surface area contributed by atoms with Crippen LogP contribution in [0.4, 0.5) is 5.69 Å². The Morgan fingerprint density at radius 3 is 2.47 bits per heavy atom. The van der Waals surface area contributed by atoms with Crippen molar-refractivity contribution < 1.29 is 19.1 Å². The van der Waals surface area contributed by atoms with E-state index in [-0.39, 0.29) is 35.3 Å². The normalized spacial score (nSPS) is 24.3. The van der Waals surface area contributed by atoms with Gasteiger partial charge in [0.05, 0.1) is 13.2 Å². The number of aliphatic imine (C=N–C) groups is 1. The van der Waals surface area contributed by atoms with Crippen LogP contribution in [0, 0.1) is 5.92 Å². The third kappa shape index (κ3) is 5.65. The summed E-state index contributed by atoms with van der Waals surface area (Å²) in [5.41, 5.74) is 9.55. The fourth-order valence-corrected chi connectivity index (χ4v) is 4.64. The van der Waals surface area contributed by atoms with Crippen LogP contribution in [0.15, 0.2) is 34.4 Å². The highest BCUT2D eigenvalue weighted by Crippen LogP contribution is 2.32. The molecule has 1 aliphatic carbocycles. The van der Waals surface area contributed by atoms with Gasteiger partial charge in [0.25, 0.3) is 11.8 Å². The lowest BCUT2D eigenvalue weighted by atomic mass is 10.1. The monoisotopic (exact) mass is 496 g/mol. The lowest BCUT2D eigenvalue weighted by Gasteiger charge is -2.35. The van der Waals surface area contributed by atoms with Crippen LogP contribution in [0.25, 0.3) is 0 Å². The molecule has 192 valence electrons. The van der Waals surface area contributed by atoms with Crippen LogP contribution in [0.5, 0.6) is 0 Å². The second kappa shape index (κ2) is 10.6. The number of carbonyl (C=O) groups is 3. The molecule has 4 aliphatic rings. The molecule has 3 heterocycles. The molecule has 1 unspecified atom stereocenters. The number of amidine groups is 1. The number of rotatable bonds is 6. The Kier molecular flexibility index (Phi) is 7.14. The van der Waals surface area contributed by atoms with E-state index in [4.69, 9.17) is 10.5 Å². The number of primary amides is 1. The summed E-state index contributed by atoms with van der Waals surface area (Å²) in [6.45, 7) is 3.64. The molecular weight excluding hydrogens is 464 g/mol. The van der Waals surface area contributed by atoms with E-state index in [0.717, 1.165) is 32.2 Å². The summed E-state index contributed by atoms with van der Waals surface area (Å²) < 4.78 is 5.31. The molecule has 3 amide bonds. The summed E-state index contributed by atoms with van der Waals surface area (Å²) in [5, 5.41) is 10.6. The van der Waals surface area contributed by atoms with E-state index in [1.807, 2.05) is 4.90 Å². The van der Waals surface area contributed by atoms with Crippen molar-refractivity contribution in [2.24, 2.45) is 21.7 Å². The molecule has 2 atom stereocenters. The Bertz CT molecular complexity index is 1060. The van der Waals surface area contributed by atoms with Gasteiger partial charge >= 0.3 is 0 Å². The van der Waals surface area contributed by atoms with Gasteiger partial charge in [-0.15, -0.1) is 0 Å². The van der Waals surface area contributed by atoms with E-state index in [9.17, 15) is 14.4 Å². The highest BCUT2D eigenvalue weighted by atomic mass is 16.5. The quantitative estimate of drug-likeness (QED) is 0.421. The minimum atomic E-state index is -0.717. The van der Waals surface area contributed by atoms with E-state index in [2.05, 4.69) is 26.2 Å². The Hall–Kier alpha value is -3.51. The van der Waals surface area contributed by atoms with Crippen LogP contribution in [-0.2, 0) is 14.3 Å². The van der Waals surface area contributed by atoms with E-state index in [1.165, 1.54) is 0 Å². The van der Waals surface area contributed by atoms with Crippen molar-refractivity contribution in [2.75, 3.05) is 44.7 Å². The number of carbonyl (C=O) groups excluding carboxylic acids is 3. The van der Waals surface area contributed by atoms with Crippen molar-refractivity contribution in [3.63, 3.8) is 0 Å². The molecule has 3 aliphatic heterocycles. The molecular formula is C24H32N8O4. The number of anilines is 1. The molecule has 5 rings (SSSR count). The van der Waals surface area contributed by atoms with Crippen molar-refractivity contribution in [1.29, 1.82) is 0 Å². The Morgan fingerprint density at radius 2 is 1.78 bits per heavy atom. The number of hydrazone groups is 1. The van der Waals surface area contributed by atoms with E-state index >= 15 is 0 Å². The number of likely N-dealkylation sites (tertiary alicyclic amines) is 1. The van der Waals surface area contributed by atoms with Crippen molar-refractivity contribution in [1.82, 2.24) is 20.5 Å². The van der Waals surface area contributed by atoms with Gasteiger partial charge in [0.1, 0.15) is 0 Å². The third-order valence-corrected chi connectivity index (χ3v) is 6.76. The minimum absolute atomic E-state index is 0.0179. The fourth-order valence-electron chi connectivity index (χ4n) is 4.64. The van der Waals surface area contributed by atoms with Crippen LogP contribution in [0.3, 0.4) is 0 Å². The molecule has 1 aromatic rings. The van der Waals surface area contributed by atoms with Crippen LogP contribution < -0.4 is 21.8 Å². The van der Waals surface area contributed by atoms with E-state index in [0.29, 0.717) is 44.1 Å². The first-order valence-electron chi connectivity index (χ1n) is 12.5. The van der Waals surface area contributed by atoms with Gasteiger partial charge in [-0.3, -0.25) is 25.1 Å². The second-order valence-electron chi connectivity index (χ2n) is 9.51. The molecule has 3 fully saturated rings. The van der Waals surface area contributed by atoms with Gasteiger partial charge in [0, 0.05) is 49.4 Å². The first kappa shape index (κ1) is 24.2. The second-order valence-corrected chi connectivity index (χ2v) is 9.51. The molecule has 5 N–H and O–H groups in total. The first-order chi connectivity index (χ1) is 17.5. The Labute approximate surface area is 209 Å². The summed E-state index contributed by atoms with van der Waals surface area (Å²) in [5.74, 6) is -0.0930. The molecule has 0 radical (unpaired) electrons. The Balaban J connectivity index is 1.23. The molecule has 0 spiro atoms. The molecule has 12 nitrogen and oxygen atoms in total. The smallest absolute Gasteiger partial charge is 0.272 e. The summed E-state index contributed by atoms with van der Waals surface area (Å²) in [6.07, 6.45) is 3.23. The van der Waals surface area contributed by atoms with Gasteiger partial charge in [-0.25, -0.2) is 4.99 Å². The molecule has 0 aromatic heterocycles. The van der Waals surface area contributed by atoms with Crippen molar-refractivity contribution in [3.05, 3.63) is 29.8 Å². The van der Waals surface area contributed by atoms with E-state index in [1.54, 1.807) is 29.2 Å². The maximum absolute atomic E-state index is 12.7. The van der Waals surface area contributed by atoms with Gasteiger partial charge in [-0.1, -0.05) is 0 Å². The highest BCUT2D eigenvalue weighted by Gasteiger charge is 2.36. The van der Waals surface area contributed by atoms with Gasteiger partial charge in [0.2, 0.25) is 5.91 Å². The zero-order valence-corrected chi connectivity index (χ0v) is 20.1. The van der Waals surface area contributed by atoms with Crippen molar-refractivity contribution in [2.45, 2.75) is 38.0 Å². The lowest BCUT2D eigenvalue weighted by Crippen LogP contribution is -2.55. The van der Waals surface area contributed by atoms with Crippen LogP contribution >= 0.6 is 0 Å². The number of hydrogen-bond acceptors (Lipinski definition) is 9. The van der Waals surface area contributed by atoms with Gasteiger partial charge in [0.15, 0.2) is 17.8 Å². The van der Waals surface area contributed by atoms with Crippen molar-refractivity contribution >= 4 is 35.0 Å². The average Bonchev–Trinajstić information content (AvgIpc) is 3.75. The molecule has 0 bridgehead atoms. The van der Waals surface area contributed by atoms with Crippen LogP contribution in [0.1, 0.15) is 36.0 Å². The summed E-state index contributed by atoms with van der Waals surface area (Å²) in [4.78, 5) is 45.4. The van der Waals surface area contributed by atoms with Gasteiger partial charge in [-0.2, -0.15) is 5.10 Å². The summed E-state index contributed by atoms with van der Waals surface area (Å²) in [6, 6.07) is 7.02. The number of nitrogens with two attached hydrogens (primary N) is 1. The zero-order chi connectivity index (χ0) is 25.1. The number of benzene rings is 1. The number of ether oxygens (including phenoxy) is 1. The number of amides is 3. The topological polar surface area (TPSA) is 154 Å². The lowest BCUT2D eigenvalue weighted by molar-refractivity contribution is -0.134. The van der Waals surface area contributed by atoms with E-state index < -0.39 is 12.2 Å². The molecule has 36 heavy (non-hydrogen) atoms. The molecule has 1 saturated carbocycles.